The maximum absolute atomic E-state index is 8.56. The highest BCUT2D eigenvalue weighted by Crippen LogP contribution is 2.36. The van der Waals surface area contributed by atoms with E-state index in [1.807, 2.05) is 0 Å². The lowest BCUT2D eigenvalue weighted by Crippen LogP contribution is -2.35. The normalized spacial score (nSPS) is 9.00. The van der Waals surface area contributed by atoms with Crippen molar-refractivity contribution in [1.29, 1.82) is 31.6 Å². The fraction of sp³-hybridized carbons (Fsp3) is 0.250. The number of hydrogen-bond acceptors (Lipinski definition) is 6. The highest BCUT2D eigenvalue weighted by Gasteiger charge is 2.56. The number of nitriles is 6. The van der Waals surface area contributed by atoms with Gasteiger partial charge in [-0.2, -0.15) is 31.6 Å². The third-order valence-electron chi connectivity index (χ3n) is 1.57. The molecule has 0 bridgehead atoms. The van der Waals surface area contributed by atoms with Gasteiger partial charge in [0.15, 0.2) is 0 Å². The lowest BCUT2D eigenvalue weighted by molar-refractivity contribution is 0.480. The van der Waals surface area contributed by atoms with Crippen molar-refractivity contribution in [1.82, 2.24) is 0 Å². The zero-order chi connectivity index (χ0) is 11.2. The monoisotopic (exact) mass is 180 g/mol. The first kappa shape index (κ1) is 10.9. The van der Waals surface area contributed by atoms with E-state index in [4.69, 9.17) is 31.6 Å². The minimum absolute atomic E-state index is 1.22. The van der Waals surface area contributed by atoms with Gasteiger partial charge in [-0.25, -0.2) is 0 Å². The van der Waals surface area contributed by atoms with E-state index in [9.17, 15) is 0 Å². The van der Waals surface area contributed by atoms with Gasteiger partial charge in [-0.05, 0) is 0 Å². The van der Waals surface area contributed by atoms with Crippen molar-refractivity contribution in [3.05, 3.63) is 0 Å². The van der Waals surface area contributed by atoms with Gasteiger partial charge in [-0.3, -0.25) is 0 Å². The van der Waals surface area contributed by atoms with Crippen molar-refractivity contribution < 1.29 is 0 Å². The molecular weight excluding hydrogens is 180 g/mol. The largest absolute Gasteiger partial charge is 0.273 e. The molecule has 0 heterocycles. The third-order valence-corrected chi connectivity index (χ3v) is 1.57. The van der Waals surface area contributed by atoms with E-state index >= 15 is 0 Å². The Morgan fingerprint density at radius 2 is 0.571 bits per heavy atom. The summed E-state index contributed by atoms with van der Waals surface area (Å²) in [4.78, 5) is 0. The van der Waals surface area contributed by atoms with Gasteiger partial charge >= 0.3 is 0 Å². The lowest BCUT2D eigenvalue weighted by Gasteiger charge is -2.16. The van der Waals surface area contributed by atoms with Crippen molar-refractivity contribution in [2.24, 2.45) is 10.8 Å². The summed E-state index contributed by atoms with van der Waals surface area (Å²) in [7, 11) is 0. The molecule has 6 nitrogen and oxygen atoms in total. The second-order valence-corrected chi connectivity index (χ2v) is 2.17. The van der Waals surface area contributed by atoms with Crippen LogP contribution >= 0.6 is 0 Å². The Labute approximate surface area is 79.6 Å². The maximum Gasteiger partial charge on any atom is 0.273 e. The van der Waals surface area contributed by atoms with E-state index in [-0.39, 0.29) is 0 Å². The summed E-state index contributed by atoms with van der Waals surface area (Å²) in [5.41, 5.74) is -5.16. The molecule has 0 aliphatic heterocycles. The Bertz CT molecular complexity index is 369. The molecule has 0 amide bonds. The van der Waals surface area contributed by atoms with Crippen LogP contribution in [0.25, 0.3) is 0 Å². The first-order chi connectivity index (χ1) is 6.61. The van der Waals surface area contributed by atoms with Crippen LogP contribution in [0.2, 0.25) is 0 Å². The summed E-state index contributed by atoms with van der Waals surface area (Å²) in [6.45, 7) is 0. The molecular formula is C8N6. The molecule has 0 aromatic carbocycles. The second-order valence-electron chi connectivity index (χ2n) is 2.17. The van der Waals surface area contributed by atoms with Crippen molar-refractivity contribution in [2.75, 3.05) is 0 Å². The molecule has 14 heavy (non-hydrogen) atoms. The highest BCUT2D eigenvalue weighted by atomic mass is 14.6. The van der Waals surface area contributed by atoms with Gasteiger partial charge in [0.2, 0.25) is 0 Å². The molecule has 0 spiro atoms. The summed E-state index contributed by atoms with van der Waals surface area (Å²) in [6.07, 6.45) is 0. The van der Waals surface area contributed by atoms with Crippen LogP contribution in [0.3, 0.4) is 0 Å². The van der Waals surface area contributed by atoms with Crippen molar-refractivity contribution in [2.45, 2.75) is 0 Å². The number of rotatable bonds is 1. The maximum atomic E-state index is 8.56. The molecule has 62 valence electrons. The van der Waals surface area contributed by atoms with Crippen LogP contribution in [0.5, 0.6) is 0 Å². The van der Waals surface area contributed by atoms with Crippen LogP contribution < -0.4 is 0 Å². The lowest BCUT2D eigenvalue weighted by atomic mass is 9.68. The summed E-state index contributed by atoms with van der Waals surface area (Å²) >= 11 is 0. The standard InChI is InChI=1S/C8N6/c9-1-7(2-10,3-11)8(4-12,5-13)6-14. The van der Waals surface area contributed by atoms with E-state index in [1.165, 1.54) is 36.4 Å². The van der Waals surface area contributed by atoms with Crippen LogP contribution in [0.15, 0.2) is 0 Å². The summed E-state index contributed by atoms with van der Waals surface area (Å²) in [5.74, 6) is 0. The van der Waals surface area contributed by atoms with E-state index in [2.05, 4.69) is 0 Å². The van der Waals surface area contributed by atoms with Gasteiger partial charge in [0.1, 0.15) is 36.4 Å². The summed E-state index contributed by atoms with van der Waals surface area (Å²) in [5, 5.41) is 51.3. The summed E-state index contributed by atoms with van der Waals surface area (Å²) in [6, 6.07) is 7.31. The molecule has 0 fully saturated rings. The first-order valence-corrected chi connectivity index (χ1v) is 3.09. The Kier molecular flexibility index (Phi) is 2.78. The fourth-order valence-corrected chi connectivity index (χ4v) is 0.653. The average Bonchev–Trinajstić information content (AvgIpc) is 2.27. The molecule has 0 unspecified atom stereocenters. The van der Waals surface area contributed by atoms with Gasteiger partial charge in [0.25, 0.3) is 10.8 Å². The van der Waals surface area contributed by atoms with Crippen LogP contribution in [0, 0.1) is 78.8 Å². The van der Waals surface area contributed by atoms with E-state index in [0.29, 0.717) is 0 Å². The molecule has 0 aliphatic carbocycles. The number of nitrogens with zero attached hydrogens (tertiary/aromatic N) is 6. The predicted molar refractivity (Wildman–Crippen MR) is 38.5 cm³/mol. The zero-order valence-corrected chi connectivity index (χ0v) is 6.68. The third kappa shape index (κ3) is 0.983. The van der Waals surface area contributed by atoms with Gasteiger partial charge < -0.3 is 0 Å². The molecule has 0 atom stereocenters. The van der Waals surface area contributed by atoms with Gasteiger partial charge in [-0.1, -0.05) is 0 Å². The van der Waals surface area contributed by atoms with Crippen molar-refractivity contribution >= 4 is 0 Å². The van der Waals surface area contributed by atoms with Crippen LogP contribution in [0.1, 0.15) is 0 Å². The summed E-state index contributed by atoms with van der Waals surface area (Å²) < 4.78 is 0. The molecule has 0 aromatic rings. The topological polar surface area (TPSA) is 143 Å². The zero-order valence-electron chi connectivity index (χ0n) is 6.68. The van der Waals surface area contributed by atoms with Crippen LogP contribution in [-0.4, -0.2) is 0 Å². The van der Waals surface area contributed by atoms with Crippen molar-refractivity contribution in [3.63, 3.8) is 0 Å². The molecule has 0 aliphatic rings. The Balaban J connectivity index is 6.04. The van der Waals surface area contributed by atoms with E-state index in [0.717, 1.165) is 0 Å². The highest BCUT2D eigenvalue weighted by molar-refractivity contribution is 5.46. The van der Waals surface area contributed by atoms with E-state index < -0.39 is 10.8 Å². The SMILES string of the molecule is N#CC(C#N)(C#N)C(C#N)(C#N)C#N. The fourth-order valence-electron chi connectivity index (χ4n) is 0.653. The van der Waals surface area contributed by atoms with Crippen LogP contribution in [-0.2, 0) is 0 Å². The quantitative estimate of drug-likeness (QED) is 0.559. The molecule has 6 heteroatoms. The smallest absolute Gasteiger partial charge is 0.195 e. The predicted octanol–water partition coefficient (Wildman–Crippen LogP) is 0.101. The average molecular weight is 180 g/mol. The Hall–Kier alpha value is -3.06. The minimum atomic E-state index is -2.58. The number of hydrogen-bond donors (Lipinski definition) is 0. The molecule has 0 rings (SSSR count). The first-order valence-electron chi connectivity index (χ1n) is 3.09. The molecule has 0 N–H and O–H groups in total. The van der Waals surface area contributed by atoms with Gasteiger partial charge in [0, 0.05) is 0 Å². The Morgan fingerprint density at radius 3 is 0.643 bits per heavy atom. The van der Waals surface area contributed by atoms with Gasteiger partial charge in [0.05, 0.1) is 0 Å². The second kappa shape index (κ2) is 3.56. The van der Waals surface area contributed by atoms with Gasteiger partial charge in [-0.15, -0.1) is 0 Å². The van der Waals surface area contributed by atoms with Crippen molar-refractivity contribution in [3.8, 4) is 36.4 Å². The molecule has 0 saturated heterocycles. The van der Waals surface area contributed by atoms with Crippen LogP contribution in [0.4, 0.5) is 0 Å². The molecule has 0 radical (unpaired) electrons. The molecule has 0 aromatic heterocycles. The minimum Gasteiger partial charge on any atom is -0.195 e. The Morgan fingerprint density at radius 1 is 0.429 bits per heavy atom. The van der Waals surface area contributed by atoms with E-state index in [1.54, 1.807) is 0 Å². The molecule has 0 saturated carbocycles.